The van der Waals surface area contributed by atoms with Crippen LogP contribution in [0.4, 0.5) is 5.69 Å². The van der Waals surface area contributed by atoms with Gasteiger partial charge in [-0.3, -0.25) is 9.69 Å². The number of amides is 1. The van der Waals surface area contributed by atoms with Crippen molar-refractivity contribution in [1.29, 1.82) is 5.26 Å². The van der Waals surface area contributed by atoms with Crippen molar-refractivity contribution in [1.82, 2.24) is 4.90 Å². The molecule has 1 fully saturated rings. The van der Waals surface area contributed by atoms with E-state index in [2.05, 4.69) is 13.8 Å². The molecule has 1 aliphatic rings. The molecule has 1 saturated heterocycles. The minimum absolute atomic E-state index is 0.0690. The molecular formula is C24H25N3O4S. The first-order valence-electron chi connectivity index (χ1n) is 10.1. The molecule has 0 bridgehead atoms. The average molecular weight is 452 g/mol. The summed E-state index contributed by atoms with van der Waals surface area (Å²) in [5.74, 6) is 1.93. The number of nitriles is 1. The van der Waals surface area contributed by atoms with Gasteiger partial charge in [-0.05, 0) is 65.7 Å². The van der Waals surface area contributed by atoms with Crippen molar-refractivity contribution < 1.29 is 19.0 Å². The van der Waals surface area contributed by atoms with E-state index in [1.807, 2.05) is 42.5 Å². The summed E-state index contributed by atoms with van der Waals surface area (Å²) >= 11 is 1.34. The summed E-state index contributed by atoms with van der Waals surface area (Å²) in [6.45, 7) is 4.63. The number of amidine groups is 1. The van der Waals surface area contributed by atoms with E-state index in [0.717, 1.165) is 17.0 Å². The SMILES string of the molecule is COc1ccc(N=C2S/C(=C\c3ccc(OCC#N)c(OC)c3)C(=O)N2CC(C)C)cc1. The van der Waals surface area contributed by atoms with Crippen molar-refractivity contribution in [2.75, 3.05) is 27.4 Å². The monoisotopic (exact) mass is 451 g/mol. The second-order valence-electron chi connectivity index (χ2n) is 7.37. The number of hydrogen-bond donors (Lipinski definition) is 0. The molecule has 1 heterocycles. The lowest BCUT2D eigenvalue weighted by atomic mass is 10.1. The van der Waals surface area contributed by atoms with Gasteiger partial charge in [-0.25, -0.2) is 4.99 Å². The highest BCUT2D eigenvalue weighted by Gasteiger charge is 2.33. The number of hydrogen-bond acceptors (Lipinski definition) is 7. The van der Waals surface area contributed by atoms with Crippen LogP contribution in [0, 0.1) is 17.2 Å². The Labute approximate surface area is 192 Å². The van der Waals surface area contributed by atoms with Crippen molar-refractivity contribution in [3.8, 4) is 23.3 Å². The highest BCUT2D eigenvalue weighted by atomic mass is 32.2. The topological polar surface area (TPSA) is 84.1 Å². The van der Waals surface area contributed by atoms with E-state index in [1.54, 1.807) is 24.1 Å². The lowest BCUT2D eigenvalue weighted by Gasteiger charge is -2.17. The Kier molecular flexibility index (Phi) is 7.79. The minimum Gasteiger partial charge on any atom is -0.497 e. The predicted octanol–water partition coefficient (Wildman–Crippen LogP) is 4.87. The molecule has 32 heavy (non-hydrogen) atoms. The van der Waals surface area contributed by atoms with E-state index in [-0.39, 0.29) is 18.4 Å². The van der Waals surface area contributed by atoms with Gasteiger partial charge < -0.3 is 14.2 Å². The number of carbonyl (C=O) groups excluding carboxylic acids is 1. The summed E-state index contributed by atoms with van der Waals surface area (Å²) in [5, 5.41) is 9.36. The molecule has 1 aliphatic heterocycles. The first kappa shape index (κ1) is 23.2. The number of benzene rings is 2. The number of methoxy groups -OCH3 is 2. The molecular weight excluding hydrogens is 426 g/mol. The molecule has 2 aromatic carbocycles. The van der Waals surface area contributed by atoms with E-state index in [0.29, 0.717) is 28.1 Å². The van der Waals surface area contributed by atoms with Crippen LogP contribution in [-0.2, 0) is 4.79 Å². The molecule has 0 saturated carbocycles. The van der Waals surface area contributed by atoms with Gasteiger partial charge in [-0.1, -0.05) is 19.9 Å². The Balaban J connectivity index is 1.91. The van der Waals surface area contributed by atoms with Crippen LogP contribution in [0.25, 0.3) is 6.08 Å². The number of carbonyl (C=O) groups is 1. The second-order valence-corrected chi connectivity index (χ2v) is 8.38. The molecule has 166 valence electrons. The quantitative estimate of drug-likeness (QED) is 0.533. The largest absolute Gasteiger partial charge is 0.497 e. The molecule has 0 unspecified atom stereocenters. The maximum absolute atomic E-state index is 13.2. The number of ether oxygens (including phenoxy) is 3. The van der Waals surface area contributed by atoms with Crippen LogP contribution in [0.5, 0.6) is 17.2 Å². The third kappa shape index (κ3) is 5.62. The molecule has 0 N–H and O–H groups in total. The van der Waals surface area contributed by atoms with Crippen LogP contribution >= 0.6 is 11.8 Å². The Morgan fingerprint density at radius 2 is 1.88 bits per heavy atom. The molecule has 7 nitrogen and oxygen atoms in total. The number of aliphatic imine (C=N–C) groups is 1. The zero-order chi connectivity index (χ0) is 23.1. The molecule has 0 radical (unpaired) electrons. The van der Waals surface area contributed by atoms with E-state index in [4.69, 9.17) is 24.5 Å². The maximum Gasteiger partial charge on any atom is 0.266 e. The molecule has 8 heteroatoms. The highest BCUT2D eigenvalue weighted by Crippen LogP contribution is 2.36. The van der Waals surface area contributed by atoms with Gasteiger partial charge in [-0.2, -0.15) is 5.26 Å². The summed E-state index contributed by atoms with van der Waals surface area (Å²) in [5.41, 5.74) is 1.54. The van der Waals surface area contributed by atoms with Crippen LogP contribution < -0.4 is 14.2 Å². The molecule has 2 aromatic rings. The Morgan fingerprint density at radius 3 is 2.50 bits per heavy atom. The molecule has 0 aliphatic carbocycles. The van der Waals surface area contributed by atoms with E-state index in [9.17, 15) is 4.79 Å². The highest BCUT2D eigenvalue weighted by molar-refractivity contribution is 8.18. The van der Waals surface area contributed by atoms with Crippen molar-refractivity contribution in [3.63, 3.8) is 0 Å². The fourth-order valence-electron chi connectivity index (χ4n) is 3.04. The molecule has 0 spiro atoms. The molecule has 0 atom stereocenters. The van der Waals surface area contributed by atoms with Gasteiger partial charge in [0.1, 0.15) is 11.8 Å². The summed E-state index contributed by atoms with van der Waals surface area (Å²) < 4.78 is 15.9. The van der Waals surface area contributed by atoms with E-state index >= 15 is 0 Å². The fraction of sp³-hybridized carbons (Fsp3) is 0.292. The summed E-state index contributed by atoms with van der Waals surface area (Å²) in [4.78, 5) is 20.1. The summed E-state index contributed by atoms with van der Waals surface area (Å²) in [6.07, 6.45) is 1.81. The van der Waals surface area contributed by atoms with Crippen LogP contribution in [0.15, 0.2) is 52.4 Å². The zero-order valence-electron chi connectivity index (χ0n) is 18.5. The van der Waals surface area contributed by atoms with E-state index < -0.39 is 0 Å². The predicted molar refractivity (Wildman–Crippen MR) is 126 cm³/mol. The lowest BCUT2D eigenvalue weighted by molar-refractivity contribution is -0.122. The summed E-state index contributed by atoms with van der Waals surface area (Å²) in [6, 6.07) is 14.7. The van der Waals surface area contributed by atoms with Crippen LogP contribution in [-0.4, -0.2) is 43.3 Å². The van der Waals surface area contributed by atoms with Gasteiger partial charge in [0.05, 0.1) is 24.8 Å². The number of thioether (sulfide) groups is 1. The lowest BCUT2D eigenvalue weighted by Crippen LogP contribution is -2.32. The Hall–Kier alpha value is -3.44. The van der Waals surface area contributed by atoms with Gasteiger partial charge in [0.15, 0.2) is 23.3 Å². The van der Waals surface area contributed by atoms with Crippen molar-refractivity contribution >= 4 is 34.6 Å². The minimum atomic E-state index is -0.0836. The van der Waals surface area contributed by atoms with Crippen LogP contribution in [0.2, 0.25) is 0 Å². The van der Waals surface area contributed by atoms with Crippen LogP contribution in [0.1, 0.15) is 19.4 Å². The third-order valence-corrected chi connectivity index (χ3v) is 5.52. The van der Waals surface area contributed by atoms with Gasteiger partial charge in [0.25, 0.3) is 5.91 Å². The molecule has 1 amide bonds. The second kappa shape index (κ2) is 10.7. The van der Waals surface area contributed by atoms with Gasteiger partial charge >= 0.3 is 0 Å². The van der Waals surface area contributed by atoms with Crippen molar-refractivity contribution in [2.45, 2.75) is 13.8 Å². The first-order chi connectivity index (χ1) is 15.4. The standard InChI is InChI=1S/C24H25N3O4S/c1-16(2)15-27-23(28)22(32-24(27)26-18-6-8-19(29-3)9-7-18)14-17-5-10-20(31-12-11-25)21(13-17)30-4/h5-10,13-14,16H,12,15H2,1-4H3/b22-14-,26-24?. The Morgan fingerprint density at radius 1 is 1.12 bits per heavy atom. The van der Waals surface area contributed by atoms with Crippen molar-refractivity contribution in [2.24, 2.45) is 10.9 Å². The normalized spacial score (nSPS) is 16.0. The van der Waals surface area contributed by atoms with Gasteiger partial charge in [-0.15, -0.1) is 0 Å². The van der Waals surface area contributed by atoms with Gasteiger partial charge in [0.2, 0.25) is 0 Å². The van der Waals surface area contributed by atoms with E-state index in [1.165, 1.54) is 18.9 Å². The fourth-order valence-corrected chi connectivity index (χ4v) is 4.05. The average Bonchev–Trinajstić information content (AvgIpc) is 3.06. The number of nitrogens with zero attached hydrogens (tertiary/aromatic N) is 3. The summed E-state index contributed by atoms with van der Waals surface area (Å²) in [7, 11) is 3.15. The van der Waals surface area contributed by atoms with Crippen molar-refractivity contribution in [3.05, 3.63) is 52.9 Å². The first-order valence-corrected chi connectivity index (χ1v) is 10.9. The number of rotatable bonds is 8. The molecule has 3 rings (SSSR count). The molecule has 0 aromatic heterocycles. The third-order valence-electron chi connectivity index (χ3n) is 4.51. The van der Waals surface area contributed by atoms with Gasteiger partial charge in [0, 0.05) is 6.54 Å². The maximum atomic E-state index is 13.2. The zero-order valence-corrected chi connectivity index (χ0v) is 19.3. The van der Waals surface area contributed by atoms with Crippen LogP contribution in [0.3, 0.4) is 0 Å². The Bertz CT molecular complexity index is 1070. The smallest absolute Gasteiger partial charge is 0.266 e.